The van der Waals surface area contributed by atoms with Gasteiger partial charge >= 0.3 is 0 Å². The van der Waals surface area contributed by atoms with Gasteiger partial charge in [0.15, 0.2) is 8.80 Å². The fourth-order valence-corrected chi connectivity index (χ4v) is 15.7. The normalized spacial score (nSPS) is 12.8. The van der Waals surface area contributed by atoms with Crippen LogP contribution < -0.4 is 20.9 Å². The van der Waals surface area contributed by atoms with Gasteiger partial charge in [0.25, 0.3) is 0 Å². The van der Waals surface area contributed by atoms with Crippen LogP contribution in [0, 0.1) is 0 Å². The third-order valence-electron chi connectivity index (χ3n) is 12.1. The monoisotopic (exact) mass is 771 g/mol. The van der Waals surface area contributed by atoms with Gasteiger partial charge in [0.1, 0.15) is 0 Å². The van der Waals surface area contributed by atoms with Crippen molar-refractivity contribution in [3.05, 3.63) is 230 Å². The van der Waals surface area contributed by atoms with Crippen LogP contribution in [0.5, 0.6) is 0 Å². The van der Waals surface area contributed by atoms with Gasteiger partial charge in [-0.1, -0.05) is 219 Å². The quantitative estimate of drug-likeness (QED) is 0.0897. The average Bonchev–Trinajstić information content (AvgIpc) is 3.48. The third-order valence-corrected chi connectivity index (χ3v) is 17.6. The molecule has 0 saturated carbocycles. The molecule has 1 radical (unpaired) electrons. The fourth-order valence-electron chi connectivity index (χ4n) is 9.50. The molecule has 11 rings (SSSR count). The Balaban J connectivity index is 1.24. The Morgan fingerprint density at radius 3 is 1.36 bits per heavy atom. The van der Waals surface area contributed by atoms with E-state index >= 15 is 0 Å². The Kier molecular flexibility index (Phi) is 8.92. The van der Waals surface area contributed by atoms with Gasteiger partial charge in [-0.25, -0.2) is 0 Å². The molecular weight excluding hydrogens is 732 g/mol. The zero-order chi connectivity index (χ0) is 38.4. The van der Waals surface area contributed by atoms with Crippen LogP contribution in [0.2, 0.25) is 0 Å². The van der Waals surface area contributed by atoms with Crippen molar-refractivity contribution in [2.45, 2.75) is 12.3 Å². The summed E-state index contributed by atoms with van der Waals surface area (Å²) in [6, 6.07) is 82.3. The maximum Gasteiger partial charge on any atom is 0.156 e. The van der Waals surface area contributed by atoms with Crippen LogP contribution in [0.4, 0.5) is 0 Å². The van der Waals surface area contributed by atoms with Crippen LogP contribution in [0.1, 0.15) is 11.1 Å². The molecule has 1 aliphatic heterocycles. The summed E-state index contributed by atoms with van der Waals surface area (Å²) in [5.74, 6) is 0. The van der Waals surface area contributed by atoms with Gasteiger partial charge in [-0.05, 0) is 117 Å². The Labute approximate surface area is 343 Å². The molecule has 0 nitrogen and oxygen atoms in total. The van der Waals surface area contributed by atoms with Crippen molar-refractivity contribution in [3.8, 4) is 33.4 Å². The summed E-state index contributed by atoms with van der Waals surface area (Å²) in [6.07, 6.45) is 1.99. The van der Waals surface area contributed by atoms with E-state index in [9.17, 15) is 0 Å². The van der Waals surface area contributed by atoms with E-state index in [2.05, 4.69) is 218 Å². The Bertz CT molecular complexity index is 2980. The highest BCUT2D eigenvalue weighted by atomic mass is 31.1. The minimum Gasteiger partial charge on any atom is -0.0664 e. The molecule has 10 aromatic carbocycles. The molecule has 0 fully saturated rings. The van der Waals surface area contributed by atoms with Crippen LogP contribution >= 0.6 is 7.92 Å². The summed E-state index contributed by atoms with van der Waals surface area (Å²) in [5, 5.41) is 13.8. The van der Waals surface area contributed by atoms with Gasteiger partial charge in [-0.15, -0.1) is 0 Å². The minimum absolute atomic E-state index is 0.742. The van der Waals surface area contributed by atoms with E-state index < -0.39 is 16.7 Å². The molecule has 2 heteroatoms. The van der Waals surface area contributed by atoms with E-state index in [0.29, 0.717) is 0 Å². The zero-order valence-corrected chi connectivity index (χ0v) is 34.0. The fraction of sp³-hybridized carbons (Fsp3) is 0.0357. The van der Waals surface area contributed by atoms with Crippen molar-refractivity contribution in [1.82, 2.24) is 0 Å². The van der Waals surface area contributed by atoms with Gasteiger partial charge < -0.3 is 0 Å². The summed E-state index contributed by atoms with van der Waals surface area (Å²) in [7, 11) is -2.16. The molecule has 10 aromatic rings. The van der Waals surface area contributed by atoms with Crippen molar-refractivity contribution in [1.29, 1.82) is 0 Å². The molecule has 0 bridgehead atoms. The largest absolute Gasteiger partial charge is 0.156 e. The van der Waals surface area contributed by atoms with Gasteiger partial charge in [0.05, 0.1) is 0 Å². The van der Waals surface area contributed by atoms with Crippen molar-refractivity contribution in [2.24, 2.45) is 0 Å². The maximum atomic E-state index is 2.50. The lowest BCUT2D eigenvalue weighted by atomic mass is 9.82. The van der Waals surface area contributed by atoms with E-state index in [-0.39, 0.29) is 0 Å². The van der Waals surface area contributed by atoms with Crippen LogP contribution in [0.15, 0.2) is 218 Å². The number of benzene rings is 10. The topological polar surface area (TPSA) is 0 Å². The molecule has 0 atom stereocenters. The predicted octanol–water partition coefficient (Wildman–Crippen LogP) is 12.5. The van der Waals surface area contributed by atoms with Crippen LogP contribution in [-0.2, 0) is 12.3 Å². The molecule has 1 aliphatic rings. The van der Waals surface area contributed by atoms with Crippen molar-refractivity contribution < 1.29 is 0 Å². The van der Waals surface area contributed by atoms with Crippen LogP contribution in [-0.4, -0.2) is 8.80 Å². The zero-order valence-electron chi connectivity index (χ0n) is 32.1. The molecule has 273 valence electrons. The summed E-state index contributed by atoms with van der Waals surface area (Å²) in [4.78, 5) is 0. The van der Waals surface area contributed by atoms with Crippen molar-refractivity contribution >= 4 is 69.9 Å². The second kappa shape index (κ2) is 14.9. The predicted molar refractivity (Wildman–Crippen MR) is 253 cm³/mol. The summed E-state index contributed by atoms with van der Waals surface area (Å²) < 4.78 is 0. The van der Waals surface area contributed by atoms with Crippen molar-refractivity contribution in [3.63, 3.8) is 0 Å². The van der Waals surface area contributed by atoms with E-state index in [1.807, 2.05) is 0 Å². The van der Waals surface area contributed by atoms with Crippen LogP contribution in [0.25, 0.3) is 65.7 Å². The molecule has 0 amide bonds. The molecule has 0 saturated heterocycles. The number of fused-ring (bicyclic) bond motifs is 8. The van der Waals surface area contributed by atoms with Crippen LogP contribution in [0.3, 0.4) is 0 Å². The first-order valence-electron chi connectivity index (χ1n) is 20.3. The highest BCUT2D eigenvalue weighted by molar-refractivity contribution is 7.65. The smallest absolute Gasteiger partial charge is 0.0664 e. The highest BCUT2D eigenvalue weighted by Gasteiger charge is 2.33. The SMILES string of the molecule is c1ccc(-c2cc3ccccc3c3c2CP(c2ccccc2[Si](c2ccccc2)c2cccc4ccccc24)Cc2c(-c4ccccc4)cc4ccccc4c2-3)cc1. The molecule has 0 N–H and O–H groups in total. The average molecular weight is 772 g/mol. The summed E-state index contributed by atoms with van der Waals surface area (Å²) in [6.45, 7) is 0. The Morgan fingerprint density at radius 1 is 0.345 bits per heavy atom. The van der Waals surface area contributed by atoms with Gasteiger partial charge in [0.2, 0.25) is 0 Å². The van der Waals surface area contributed by atoms with Gasteiger partial charge in [0, 0.05) is 0 Å². The van der Waals surface area contributed by atoms with E-state index in [1.54, 1.807) is 0 Å². The molecule has 0 unspecified atom stereocenters. The van der Waals surface area contributed by atoms with E-state index in [1.165, 1.54) is 97.7 Å². The second-order valence-electron chi connectivity index (χ2n) is 15.4. The van der Waals surface area contributed by atoms with Gasteiger partial charge in [-0.2, -0.15) is 0 Å². The standard InChI is InChI=1S/C56H40PSi/c1-4-19-40(20-5-1)48-35-42-24-11-14-30-46(42)55-50(48)37-57(38-51-49(41-21-6-2-7-22-41)36-43-25-12-15-31-47(43)56(51)55)52-32-16-17-33-54(52)58(44-27-8-3-9-28-44)53-34-18-26-39-23-10-13-29-45(39)53/h1-36H,37-38H2. The Morgan fingerprint density at radius 2 is 0.776 bits per heavy atom. The number of hydrogen-bond acceptors (Lipinski definition) is 0. The molecule has 0 aliphatic carbocycles. The molecule has 0 spiro atoms. The number of hydrogen-bond donors (Lipinski definition) is 0. The third kappa shape index (κ3) is 6.02. The lowest BCUT2D eigenvalue weighted by Crippen LogP contribution is -2.56. The first kappa shape index (κ1) is 34.8. The second-order valence-corrected chi connectivity index (χ2v) is 20.0. The lowest BCUT2D eigenvalue weighted by Gasteiger charge is -2.27. The molecule has 58 heavy (non-hydrogen) atoms. The highest BCUT2D eigenvalue weighted by Crippen LogP contribution is 2.56. The maximum absolute atomic E-state index is 2.50. The van der Waals surface area contributed by atoms with Crippen molar-refractivity contribution in [2.75, 3.05) is 0 Å². The van der Waals surface area contributed by atoms with E-state index in [4.69, 9.17) is 0 Å². The first-order chi connectivity index (χ1) is 28.8. The summed E-state index contributed by atoms with van der Waals surface area (Å²) in [5.41, 5.74) is 11.0. The Hall–Kier alpha value is -6.37. The first-order valence-corrected chi connectivity index (χ1v) is 23.5. The molecular formula is C56H40PSi. The molecule has 1 heterocycles. The van der Waals surface area contributed by atoms with Gasteiger partial charge in [-0.3, -0.25) is 0 Å². The molecule has 0 aromatic heterocycles. The van der Waals surface area contributed by atoms with E-state index in [0.717, 1.165) is 12.3 Å². The lowest BCUT2D eigenvalue weighted by molar-refractivity contribution is 1.39. The summed E-state index contributed by atoms with van der Waals surface area (Å²) >= 11 is 0. The minimum atomic E-state index is -1.42. The number of rotatable bonds is 6.